The smallest absolute Gasteiger partial charge is 0.320 e. The van der Waals surface area contributed by atoms with Crippen molar-refractivity contribution in [3.8, 4) is 0 Å². The minimum atomic E-state index is 0. The molecule has 0 aromatic carbocycles. The van der Waals surface area contributed by atoms with Gasteiger partial charge in [0, 0.05) is 52.4 Å². The van der Waals surface area contributed by atoms with E-state index in [1.54, 1.807) is 0 Å². The predicted molar refractivity (Wildman–Crippen MR) is 116 cm³/mol. The maximum absolute atomic E-state index is 13.0. The Hall–Kier alpha value is -1.25. The highest BCUT2D eigenvalue weighted by atomic mass is 35.5. The number of hydrogen-bond donors (Lipinski definition) is 0. The van der Waals surface area contributed by atoms with E-state index in [0.29, 0.717) is 65.7 Å². The van der Waals surface area contributed by atoms with E-state index in [-0.39, 0.29) is 24.5 Å². The number of ether oxygens (including phenoxy) is 2. The maximum atomic E-state index is 13.0. The second-order valence-electron chi connectivity index (χ2n) is 7.45. The van der Waals surface area contributed by atoms with Crippen molar-refractivity contribution >= 4 is 24.5 Å². The number of carbonyl (C=O) groups is 2. The molecule has 2 fully saturated rings. The molecule has 0 saturated carbocycles. The lowest BCUT2D eigenvalue weighted by atomic mass is 10.3. The van der Waals surface area contributed by atoms with Crippen molar-refractivity contribution < 1.29 is 19.1 Å². The molecule has 4 amide bonds. The average Bonchev–Trinajstić information content (AvgIpc) is 2.76. The van der Waals surface area contributed by atoms with E-state index in [1.165, 1.54) is 0 Å². The van der Waals surface area contributed by atoms with Crippen molar-refractivity contribution in [2.45, 2.75) is 39.5 Å². The van der Waals surface area contributed by atoms with Crippen LogP contribution in [0.25, 0.3) is 0 Å². The van der Waals surface area contributed by atoms with Crippen LogP contribution in [0.15, 0.2) is 0 Å². The number of unbranched alkanes of at least 4 members (excludes halogenated alkanes) is 2. The monoisotopic (exact) mass is 434 g/mol. The molecule has 0 aromatic rings. The molecule has 0 atom stereocenters. The third kappa shape index (κ3) is 8.56. The van der Waals surface area contributed by atoms with Gasteiger partial charge in [0.2, 0.25) is 0 Å². The molecule has 2 aliphatic rings. The maximum Gasteiger partial charge on any atom is 0.320 e. The van der Waals surface area contributed by atoms with Crippen molar-refractivity contribution in [2.75, 3.05) is 78.8 Å². The molecule has 0 N–H and O–H groups in total. The van der Waals surface area contributed by atoms with Crippen molar-refractivity contribution in [1.29, 1.82) is 0 Å². The number of morpholine rings is 2. The average molecular weight is 435 g/mol. The first-order valence-electron chi connectivity index (χ1n) is 10.9. The molecule has 0 aromatic heterocycles. The molecule has 8 nitrogen and oxygen atoms in total. The van der Waals surface area contributed by atoms with Gasteiger partial charge in [-0.2, -0.15) is 0 Å². The standard InChI is InChI=1S/C20H38N4O4.ClH/c1-3-5-7-21(19(25)23-11-15-27-16-12-23)9-10-22(8-6-4-2)20(26)24-13-17-28-18-14-24;/h3-18H2,1-2H3;1H. The lowest BCUT2D eigenvalue weighted by molar-refractivity contribution is 0.0383. The van der Waals surface area contributed by atoms with E-state index < -0.39 is 0 Å². The Morgan fingerprint density at radius 2 is 1.03 bits per heavy atom. The topological polar surface area (TPSA) is 65.6 Å². The van der Waals surface area contributed by atoms with Crippen LogP contribution in [0.3, 0.4) is 0 Å². The molecule has 0 spiro atoms. The van der Waals surface area contributed by atoms with Crippen molar-refractivity contribution in [1.82, 2.24) is 19.6 Å². The van der Waals surface area contributed by atoms with Crippen LogP contribution in [0.4, 0.5) is 9.59 Å². The van der Waals surface area contributed by atoms with Crippen LogP contribution in [-0.4, -0.2) is 110 Å². The first-order chi connectivity index (χ1) is 13.7. The molecule has 2 rings (SSSR count). The van der Waals surface area contributed by atoms with Crippen molar-refractivity contribution in [2.24, 2.45) is 0 Å². The molecule has 2 aliphatic heterocycles. The van der Waals surface area contributed by atoms with Gasteiger partial charge in [0.15, 0.2) is 0 Å². The predicted octanol–water partition coefficient (Wildman–Crippen LogP) is 2.52. The number of halogens is 1. The first kappa shape index (κ1) is 25.8. The van der Waals surface area contributed by atoms with Gasteiger partial charge >= 0.3 is 12.1 Å². The number of rotatable bonds is 9. The van der Waals surface area contributed by atoms with Crippen LogP contribution >= 0.6 is 12.4 Å². The number of carbonyl (C=O) groups excluding carboxylic acids is 2. The Bertz CT molecular complexity index is 429. The van der Waals surface area contributed by atoms with Gasteiger partial charge in [-0.1, -0.05) is 26.7 Å². The van der Waals surface area contributed by atoms with Crippen LogP contribution in [0.2, 0.25) is 0 Å². The molecular weight excluding hydrogens is 396 g/mol. The minimum absolute atomic E-state index is 0. The van der Waals surface area contributed by atoms with Crippen LogP contribution in [-0.2, 0) is 9.47 Å². The lowest BCUT2D eigenvalue weighted by Crippen LogP contribution is -2.53. The Morgan fingerprint density at radius 3 is 1.34 bits per heavy atom. The second kappa shape index (κ2) is 14.7. The fourth-order valence-corrected chi connectivity index (χ4v) is 3.45. The van der Waals surface area contributed by atoms with E-state index in [0.717, 1.165) is 38.8 Å². The largest absolute Gasteiger partial charge is 0.378 e. The summed E-state index contributed by atoms with van der Waals surface area (Å²) in [7, 11) is 0. The Kier molecular flexibility index (Phi) is 13.1. The fourth-order valence-electron chi connectivity index (χ4n) is 3.45. The van der Waals surface area contributed by atoms with Gasteiger partial charge in [0.25, 0.3) is 0 Å². The van der Waals surface area contributed by atoms with E-state index in [4.69, 9.17) is 9.47 Å². The molecular formula is C20H39ClN4O4. The van der Waals surface area contributed by atoms with E-state index in [2.05, 4.69) is 13.8 Å². The highest BCUT2D eigenvalue weighted by molar-refractivity contribution is 5.85. The van der Waals surface area contributed by atoms with Crippen LogP contribution in [0, 0.1) is 0 Å². The fraction of sp³-hybridized carbons (Fsp3) is 0.900. The van der Waals surface area contributed by atoms with Gasteiger partial charge in [-0.3, -0.25) is 0 Å². The van der Waals surface area contributed by atoms with Crippen LogP contribution in [0.5, 0.6) is 0 Å². The normalized spacial score (nSPS) is 16.9. The van der Waals surface area contributed by atoms with Gasteiger partial charge in [0.1, 0.15) is 0 Å². The van der Waals surface area contributed by atoms with Crippen molar-refractivity contribution in [3.63, 3.8) is 0 Å². The Labute approximate surface area is 181 Å². The lowest BCUT2D eigenvalue weighted by Gasteiger charge is -2.36. The SMILES string of the molecule is CCCCN(CCN(CCCC)C(=O)N1CCOCC1)C(=O)N1CCOCC1.Cl. The second-order valence-corrected chi connectivity index (χ2v) is 7.45. The van der Waals surface area contributed by atoms with E-state index in [1.807, 2.05) is 19.6 Å². The Morgan fingerprint density at radius 1 is 0.690 bits per heavy atom. The quantitative estimate of drug-likeness (QED) is 0.559. The number of urea groups is 2. The van der Waals surface area contributed by atoms with E-state index in [9.17, 15) is 9.59 Å². The molecule has 29 heavy (non-hydrogen) atoms. The van der Waals surface area contributed by atoms with Gasteiger partial charge in [-0.15, -0.1) is 12.4 Å². The summed E-state index contributed by atoms with van der Waals surface area (Å²) in [5, 5.41) is 0. The van der Waals surface area contributed by atoms with Gasteiger partial charge in [-0.05, 0) is 12.8 Å². The molecule has 0 unspecified atom stereocenters. The van der Waals surface area contributed by atoms with Gasteiger partial charge in [-0.25, -0.2) is 9.59 Å². The Balaban J connectivity index is 0.00000420. The summed E-state index contributed by atoms with van der Waals surface area (Å²) >= 11 is 0. The van der Waals surface area contributed by atoms with Crippen molar-refractivity contribution in [3.05, 3.63) is 0 Å². The molecule has 2 saturated heterocycles. The molecule has 0 bridgehead atoms. The van der Waals surface area contributed by atoms with Crippen LogP contribution in [0.1, 0.15) is 39.5 Å². The highest BCUT2D eigenvalue weighted by Gasteiger charge is 2.26. The summed E-state index contributed by atoms with van der Waals surface area (Å²) < 4.78 is 10.7. The summed E-state index contributed by atoms with van der Waals surface area (Å²) in [6, 6.07) is 0.150. The molecule has 0 aliphatic carbocycles. The summed E-state index contributed by atoms with van der Waals surface area (Å²) in [6.45, 7) is 11.9. The number of hydrogen-bond acceptors (Lipinski definition) is 4. The highest BCUT2D eigenvalue weighted by Crippen LogP contribution is 2.09. The third-order valence-electron chi connectivity index (χ3n) is 5.31. The molecule has 0 radical (unpaired) electrons. The number of amides is 4. The number of nitrogens with zero attached hydrogens (tertiary/aromatic N) is 4. The summed E-state index contributed by atoms with van der Waals surface area (Å²) in [6.07, 6.45) is 4.03. The minimum Gasteiger partial charge on any atom is -0.378 e. The van der Waals surface area contributed by atoms with Crippen LogP contribution < -0.4 is 0 Å². The summed E-state index contributed by atoms with van der Waals surface area (Å²) in [5.41, 5.74) is 0. The zero-order valence-corrected chi connectivity index (χ0v) is 19.0. The molecule has 2 heterocycles. The molecule has 170 valence electrons. The molecule has 9 heteroatoms. The van der Waals surface area contributed by atoms with Gasteiger partial charge < -0.3 is 29.1 Å². The zero-order valence-electron chi connectivity index (χ0n) is 18.1. The summed E-state index contributed by atoms with van der Waals surface area (Å²) in [4.78, 5) is 33.5. The van der Waals surface area contributed by atoms with Gasteiger partial charge in [0.05, 0.1) is 26.4 Å². The first-order valence-corrected chi connectivity index (χ1v) is 10.9. The zero-order chi connectivity index (χ0) is 20.2. The summed E-state index contributed by atoms with van der Waals surface area (Å²) in [5.74, 6) is 0. The third-order valence-corrected chi connectivity index (χ3v) is 5.31. The van der Waals surface area contributed by atoms with E-state index >= 15 is 0 Å².